The molecule has 0 bridgehead atoms. The second kappa shape index (κ2) is 10.2. The van der Waals surface area contributed by atoms with E-state index >= 15 is 0 Å². The van der Waals surface area contributed by atoms with Gasteiger partial charge in [0.1, 0.15) is 0 Å². The summed E-state index contributed by atoms with van der Waals surface area (Å²) in [4.78, 5) is 4.93. The number of benzene rings is 1. The lowest BCUT2D eigenvalue weighted by atomic mass is 9.70. The second-order valence-electron chi connectivity index (χ2n) is 10.4. The number of halogens is 3. The van der Waals surface area contributed by atoms with E-state index in [2.05, 4.69) is 60.3 Å². The Bertz CT molecular complexity index is 855. The van der Waals surface area contributed by atoms with Gasteiger partial charge in [-0.2, -0.15) is 13.2 Å². The zero-order chi connectivity index (χ0) is 23.6. The van der Waals surface area contributed by atoms with E-state index in [0.29, 0.717) is 17.8 Å². The number of fused-ring (bicyclic) bond motifs is 1. The van der Waals surface area contributed by atoms with Crippen molar-refractivity contribution in [2.24, 2.45) is 17.8 Å². The molecule has 0 saturated carbocycles. The molecule has 2 aliphatic heterocycles. The molecule has 0 spiro atoms. The Morgan fingerprint density at radius 3 is 2.55 bits per heavy atom. The highest BCUT2D eigenvalue weighted by Gasteiger charge is 2.39. The van der Waals surface area contributed by atoms with Crippen LogP contribution < -0.4 is 5.32 Å². The van der Waals surface area contributed by atoms with E-state index in [9.17, 15) is 13.2 Å². The molecule has 4 rings (SSSR count). The smallest absolute Gasteiger partial charge is 0.381 e. The summed E-state index contributed by atoms with van der Waals surface area (Å²) in [6.45, 7) is 10.1. The van der Waals surface area contributed by atoms with Crippen LogP contribution >= 0.6 is 0 Å². The molecule has 1 saturated heterocycles. The average Bonchev–Trinajstić information content (AvgIpc) is 2.79. The molecule has 0 radical (unpaired) electrons. The maximum Gasteiger partial charge on any atom is 0.416 e. The molecule has 5 atom stereocenters. The van der Waals surface area contributed by atoms with Crippen molar-refractivity contribution in [3.05, 3.63) is 53.6 Å². The topological polar surface area (TPSA) is 18.5 Å². The van der Waals surface area contributed by atoms with E-state index in [0.717, 1.165) is 63.2 Å². The summed E-state index contributed by atoms with van der Waals surface area (Å²) in [6.07, 6.45) is 7.44. The van der Waals surface area contributed by atoms with Crippen molar-refractivity contribution in [2.75, 3.05) is 45.1 Å². The predicted molar refractivity (Wildman–Crippen MR) is 129 cm³/mol. The van der Waals surface area contributed by atoms with Crippen molar-refractivity contribution in [1.82, 2.24) is 9.80 Å². The van der Waals surface area contributed by atoms with Gasteiger partial charge in [-0.3, -0.25) is 0 Å². The van der Waals surface area contributed by atoms with Gasteiger partial charge in [-0.15, -0.1) is 0 Å². The van der Waals surface area contributed by atoms with Gasteiger partial charge in [-0.05, 0) is 67.8 Å². The Balaban J connectivity index is 1.49. The van der Waals surface area contributed by atoms with E-state index in [1.54, 1.807) is 6.07 Å². The van der Waals surface area contributed by atoms with E-state index in [1.807, 2.05) is 0 Å². The molecule has 3 aliphatic rings. The Morgan fingerprint density at radius 2 is 1.88 bits per heavy atom. The number of anilines is 1. The molecule has 1 fully saturated rings. The van der Waals surface area contributed by atoms with E-state index in [4.69, 9.17) is 0 Å². The number of piperazine rings is 1. The molecular weight excluding hydrogens is 423 g/mol. The molecule has 0 amide bonds. The van der Waals surface area contributed by atoms with Gasteiger partial charge in [0, 0.05) is 50.4 Å². The first kappa shape index (κ1) is 24.3. The Labute approximate surface area is 196 Å². The maximum absolute atomic E-state index is 13.4. The van der Waals surface area contributed by atoms with Crippen LogP contribution in [-0.2, 0) is 6.18 Å². The molecule has 33 heavy (non-hydrogen) atoms. The van der Waals surface area contributed by atoms with Gasteiger partial charge in [0.05, 0.1) is 5.56 Å². The summed E-state index contributed by atoms with van der Waals surface area (Å²) < 4.78 is 40.2. The summed E-state index contributed by atoms with van der Waals surface area (Å²) in [6, 6.07) is 4.46. The van der Waals surface area contributed by atoms with Crippen LogP contribution in [-0.4, -0.2) is 55.6 Å². The SMILES string of the molecule is C[C@H](CC[C@@H]1[C@H](C)c2cc(C(F)(F)F)ccc2N[C@H]1C1C=CC=CC1)CN1CCN(C)CC1. The van der Waals surface area contributed by atoms with Gasteiger partial charge >= 0.3 is 6.18 Å². The molecule has 1 aromatic rings. The van der Waals surface area contributed by atoms with Gasteiger partial charge in [-0.25, -0.2) is 0 Å². The predicted octanol–water partition coefficient (Wildman–Crippen LogP) is 6.02. The van der Waals surface area contributed by atoms with Gasteiger partial charge in [0.25, 0.3) is 0 Å². The first-order valence-corrected chi connectivity index (χ1v) is 12.4. The zero-order valence-electron chi connectivity index (χ0n) is 20.1. The monoisotopic (exact) mass is 461 g/mol. The van der Waals surface area contributed by atoms with Crippen LogP contribution in [0, 0.1) is 17.8 Å². The van der Waals surface area contributed by atoms with Gasteiger partial charge in [-0.1, -0.05) is 38.2 Å². The molecule has 182 valence electrons. The van der Waals surface area contributed by atoms with Crippen molar-refractivity contribution >= 4 is 5.69 Å². The lowest BCUT2D eigenvalue weighted by Crippen LogP contribution is -2.46. The Kier molecular flexibility index (Phi) is 7.54. The number of rotatable bonds is 6. The van der Waals surface area contributed by atoms with Gasteiger partial charge < -0.3 is 15.1 Å². The van der Waals surface area contributed by atoms with Crippen LogP contribution in [0.15, 0.2) is 42.5 Å². The summed E-state index contributed by atoms with van der Waals surface area (Å²) in [5, 5.41) is 3.67. The van der Waals surface area contributed by atoms with Crippen molar-refractivity contribution < 1.29 is 13.2 Å². The summed E-state index contributed by atoms with van der Waals surface area (Å²) in [5.74, 6) is 1.33. The average molecular weight is 462 g/mol. The largest absolute Gasteiger partial charge is 0.416 e. The number of alkyl halides is 3. The van der Waals surface area contributed by atoms with Crippen molar-refractivity contribution in [1.29, 1.82) is 0 Å². The highest BCUT2D eigenvalue weighted by Crippen LogP contribution is 2.45. The lowest BCUT2D eigenvalue weighted by Gasteiger charge is -2.43. The third kappa shape index (κ3) is 5.83. The first-order chi connectivity index (χ1) is 15.7. The molecule has 3 nitrogen and oxygen atoms in total. The molecule has 1 unspecified atom stereocenters. The van der Waals surface area contributed by atoms with E-state index in [1.165, 1.54) is 12.1 Å². The number of allylic oxidation sites excluding steroid dienone is 3. The lowest BCUT2D eigenvalue weighted by molar-refractivity contribution is -0.137. The van der Waals surface area contributed by atoms with Crippen LogP contribution in [0.4, 0.5) is 18.9 Å². The third-order valence-corrected chi connectivity index (χ3v) is 7.93. The van der Waals surface area contributed by atoms with Crippen LogP contribution in [0.5, 0.6) is 0 Å². The van der Waals surface area contributed by atoms with E-state index < -0.39 is 11.7 Å². The van der Waals surface area contributed by atoms with Crippen LogP contribution in [0.1, 0.15) is 50.2 Å². The fraction of sp³-hybridized carbons (Fsp3) is 0.630. The van der Waals surface area contributed by atoms with Gasteiger partial charge in [0.2, 0.25) is 0 Å². The fourth-order valence-electron chi connectivity index (χ4n) is 5.84. The summed E-state index contributed by atoms with van der Waals surface area (Å²) in [7, 11) is 2.18. The molecule has 1 aromatic carbocycles. The number of hydrogen-bond donors (Lipinski definition) is 1. The maximum atomic E-state index is 13.4. The first-order valence-electron chi connectivity index (χ1n) is 12.4. The minimum absolute atomic E-state index is 0.0868. The second-order valence-corrected chi connectivity index (χ2v) is 10.4. The molecule has 2 heterocycles. The molecular formula is C27H38F3N3. The number of nitrogens with zero attached hydrogens (tertiary/aromatic N) is 2. The highest BCUT2D eigenvalue weighted by molar-refractivity contribution is 5.58. The van der Waals surface area contributed by atoms with Crippen molar-refractivity contribution in [3.63, 3.8) is 0 Å². The standard InChI is InChI=1S/C27H38F3N3/c1-19(18-33-15-13-32(3)14-16-33)9-11-23-20(2)24-17-22(27(28,29)30)10-12-25(24)31-26(23)21-7-5-4-6-8-21/h4-7,10,12,17,19-21,23,26,31H,8-9,11,13-16,18H2,1-3H3/t19-,20+,21?,23-,26+/m1/s1. The summed E-state index contributed by atoms with van der Waals surface area (Å²) >= 11 is 0. The number of likely N-dealkylation sites (N-methyl/N-ethyl adjacent to an activating group) is 1. The number of hydrogen-bond acceptors (Lipinski definition) is 3. The zero-order valence-corrected chi connectivity index (χ0v) is 20.1. The Hall–Kier alpha value is -1.79. The highest BCUT2D eigenvalue weighted by atomic mass is 19.4. The molecule has 6 heteroatoms. The van der Waals surface area contributed by atoms with Crippen LogP contribution in [0.25, 0.3) is 0 Å². The van der Waals surface area contributed by atoms with Crippen molar-refractivity contribution in [2.45, 2.75) is 51.2 Å². The molecule has 1 N–H and O–H groups in total. The van der Waals surface area contributed by atoms with Crippen LogP contribution in [0.2, 0.25) is 0 Å². The minimum atomic E-state index is -4.31. The Morgan fingerprint density at radius 1 is 1.12 bits per heavy atom. The fourth-order valence-corrected chi connectivity index (χ4v) is 5.84. The summed E-state index contributed by atoms with van der Waals surface area (Å²) in [5.41, 5.74) is 1.13. The molecule has 1 aliphatic carbocycles. The normalized spacial score (nSPS) is 29.5. The quantitative estimate of drug-likeness (QED) is 0.559. The van der Waals surface area contributed by atoms with Gasteiger partial charge in [0.15, 0.2) is 0 Å². The van der Waals surface area contributed by atoms with Crippen LogP contribution in [0.3, 0.4) is 0 Å². The van der Waals surface area contributed by atoms with Crippen molar-refractivity contribution in [3.8, 4) is 0 Å². The number of nitrogens with one attached hydrogen (secondary N) is 1. The van der Waals surface area contributed by atoms with E-state index in [-0.39, 0.29) is 12.0 Å². The molecule has 0 aromatic heterocycles. The minimum Gasteiger partial charge on any atom is -0.381 e. The third-order valence-electron chi connectivity index (χ3n) is 7.93.